The lowest BCUT2D eigenvalue weighted by Gasteiger charge is -2.33. The first-order valence-corrected chi connectivity index (χ1v) is 26.1. The molecule has 318 valence electrons. The number of thiophene rings is 1. The lowest BCUT2D eigenvalue weighted by atomic mass is 9.95. The molecule has 2 aromatic heterocycles. The highest BCUT2D eigenvalue weighted by atomic mass is 32.1. The molecule has 14 rings (SSSR count). The van der Waals surface area contributed by atoms with Crippen molar-refractivity contribution in [3.8, 4) is 33.4 Å². The Morgan fingerprint density at radius 3 is 1.78 bits per heavy atom. The Bertz CT molecular complexity index is 4040. The van der Waals surface area contributed by atoms with Gasteiger partial charge in [0.05, 0.1) is 0 Å². The molecule has 0 aliphatic carbocycles. The van der Waals surface area contributed by atoms with Gasteiger partial charge < -0.3 is 9.32 Å². The minimum atomic E-state index is -2.93. The van der Waals surface area contributed by atoms with Crippen LogP contribution in [0.4, 0.5) is 17.1 Å². The van der Waals surface area contributed by atoms with Gasteiger partial charge in [-0.25, -0.2) is 0 Å². The number of anilines is 3. The monoisotopic (exact) mass is 899 g/mol. The summed E-state index contributed by atoms with van der Waals surface area (Å²) < 4.78 is 9.20. The van der Waals surface area contributed by atoms with Crippen LogP contribution in [0.5, 0.6) is 0 Å². The summed E-state index contributed by atoms with van der Waals surface area (Å²) >= 11 is 1.90. The lowest BCUT2D eigenvalue weighted by molar-refractivity contribution is 0.669. The second-order valence-electron chi connectivity index (χ2n) is 17.9. The number of furan rings is 1. The van der Waals surface area contributed by atoms with E-state index < -0.39 is 8.07 Å². The molecule has 0 radical (unpaired) electrons. The van der Waals surface area contributed by atoms with Crippen LogP contribution in [-0.4, -0.2) is 8.07 Å². The van der Waals surface area contributed by atoms with Gasteiger partial charge in [-0.3, -0.25) is 0 Å². The Morgan fingerprint density at radius 2 is 0.985 bits per heavy atom. The summed E-state index contributed by atoms with van der Waals surface area (Å²) in [4.78, 5) is 2.42. The first kappa shape index (κ1) is 38.9. The normalized spacial score (nSPS) is 12.8. The Labute approximate surface area is 399 Å². The molecule has 4 heteroatoms. The zero-order valence-electron chi connectivity index (χ0n) is 36.9. The smallest absolute Gasteiger partial charge is 0.181 e. The maximum absolute atomic E-state index is 6.54. The van der Waals surface area contributed by atoms with Crippen molar-refractivity contribution in [3.05, 3.63) is 249 Å². The van der Waals surface area contributed by atoms with Crippen LogP contribution in [0, 0.1) is 0 Å². The maximum atomic E-state index is 6.54. The van der Waals surface area contributed by atoms with Crippen molar-refractivity contribution in [3.63, 3.8) is 0 Å². The fourth-order valence-corrected chi connectivity index (χ4v) is 18.0. The number of nitrogens with zero attached hydrogens (tertiary/aromatic N) is 1. The molecule has 1 aliphatic rings. The first-order chi connectivity index (χ1) is 33.7. The summed E-state index contributed by atoms with van der Waals surface area (Å²) in [5, 5.41) is 13.0. The topological polar surface area (TPSA) is 16.4 Å². The van der Waals surface area contributed by atoms with Crippen LogP contribution in [0.2, 0.25) is 0 Å². The third kappa shape index (κ3) is 5.81. The minimum absolute atomic E-state index is 0.878. The summed E-state index contributed by atoms with van der Waals surface area (Å²) in [6, 6.07) is 92.2. The molecule has 0 amide bonds. The molecule has 0 bridgehead atoms. The number of rotatable bonds is 7. The summed E-state index contributed by atoms with van der Waals surface area (Å²) in [5.74, 6) is 0. The molecule has 0 fully saturated rings. The zero-order chi connectivity index (χ0) is 44.8. The molecule has 3 heterocycles. The van der Waals surface area contributed by atoms with Crippen molar-refractivity contribution in [2.24, 2.45) is 0 Å². The number of hydrogen-bond donors (Lipinski definition) is 0. The van der Waals surface area contributed by atoms with Gasteiger partial charge in [-0.1, -0.05) is 188 Å². The van der Waals surface area contributed by atoms with E-state index in [0.29, 0.717) is 0 Å². The molecule has 2 nitrogen and oxygen atoms in total. The van der Waals surface area contributed by atoms with Crippen molar-refractivity contribution in [1.82, 2.24) is 0 Å². The van der Waals surface area contributed by atoms with Gasteiger partial charge in [-0.2, -0.15) is 0 Å². The highest BCUT2D eigenvalue weighted by Crippen LogP contribution is 2.46. The summed E-state index contributed by atoms with van der Waals surface area (Å²) in [7, 11) is -2.93. The van der Waals surface area contributed by atoms with Gasteiger partial charge in [0, 0.05) is 48.0 Å². The zero-order valence-corrected chi connectivity index (χ0v) is 38.8. The van der Waals surface area contributed by atoms with Gasteiger partial charge in [0.2, 0.25) is 0 Å². The Morgan fingerprint density at radius 1 is 0.368 bits per heavy atom. The predicted octanol–water partition coefficient (Wildman–Crippen LogP) is 15.3. The van der Waals surface area contributed by atoms with E-state index in [2.05, 4.69) is 254 Å². The Balaban J connectivity index is 1.02. The Kier molecular flexibility index (Phi) is 8.82. The molecule has 0 unspecified atom stereocenters. The van der Waals surface area contributed by atoms with Gasteiger partial charge in [0.15, 0.2) is 8.07 Å². The van der Waals surface area contributed by atoms with Crippen LogP contribution in [-0.2, 0) is 0 Å². The fourth-order valence-electron chi connectivity index (χ4n) is 11.5. The van der Waals surface area contributed by atoms with Crippen LogP contribution in [0.1, 0.15) is 0 Å². The van der Waals surface area contributed by atoms with Crippen LogP contribution >= 0.6 is 11.3 Å². The van der Waals surface area contributed by atoms with Crippen molar-refractivity contribution in [1.29, 1.82) is 0 Å². The second kappa shape index (κ2) is 15.4. The molecule has 11 aromatic carbocycles. The highest BCUT2D eigenvalue weighted by molar-refractivity contribution is 7.26. The van der Waals surface area contributed by atoms with E-state index in [4.69, 9.17) is 4.42 Å². The van der Waals surface area contributed by atoms with E-state index in [0.717, 1.165) is 39.0 Å². The summed E-state index contributed by atoms with van der Waals surface area (Å²) in [6.45, 7) is 0. The Hall–Kier alpha value is -8.28. The van der Waals surface area contributed by atoms with Crippen molar-refractivity contribution in [2.75, 3.05) is 4.90 Å². The number of hydrogen-bond acceptors (Lipinski definition) is 3. The second-order valence-corrected chi connectivity index (χ2v) is 22.7. The quantitative estimate of drug-likeness (QED) is 0.148. The van der Waals surface area contributed by atoms with E-state index in [9.17, 15) is 0 Å². The molecule has 0 saturated heterocycles. The first-order valence-electron chi connectivity index (χ1n) is 23.3. The molecule has 1 aliphatic heterocycles. The standard InChI is InChI=1S/C64H41NOSSi/c1-4-16-42(17-5-1)43-30-33-46(34-31-43)65(48-35-37-56-55(41-48)61-51-25-11-10-18-44(51)32-36-57(61)66-56)47-20-14-19-45(40-47)52-27-15-28-54-63-60(39-38-59-62(63)53-26-12-13-29-58(53)67-59)68(64(52)54,49-21-6-2-7-22-49)50-23-8-3-9-24-50/h1-41H. The van der Waals surface area contributed by atoms with Gasteiger partial charge in [-0.05, 0) is 126 Å². The number of benzene rings is 11. The van der Waals surface area contributed by atoms with Crippen molar-refractivity contribution in [2.45, 2.75) is 0 Å². The van der Waals surface area contributed by atoms with Crippen LogP contribution < -0.4 is 25.6 Å². The third-order valence-electron chi connectivity index (χ3n) is 14.3. The van der Waals surface area contributed by atoms with Crippen molar-refractivity contribution < 1.29 is 4.42 Å². The predicted molar refractivity (Wildman–Crippen MR) is 292 cm³/mol. The van der Waals surface area contributed by atoms with Gasteiger partial charge in [0.1, 0.15) is 11.2 Å². The molecule has 0 atom stereocenters. The van der Waals surface area contributed by atoms with Crippen molar-refractivity contribution >= 4 is 110 Å². The average molecular weight is 900 g/mol. The molecular formula is C64H41NOSSi. The van der Waals surface area contributed by atoms with E-state index in [1.54, 1.807) is 0 Å². The van der Waals surface area contributed by atoms with Gasteiger partial charge >= 0.3 is 0 Å². The molecular weight excluding hydrogens is 859 g/mol. The molecule has 0 N–H and O–H groups in total. The lowest BCUT2D eigenvalue weighted by Crippen LogP contribution is -2.73. The van der Waals surface area contributed by atoms with E-state index >= 15 is 0 Å². The van der Waals surface area contributed by atoms with E-state index in [-0.39, 0.29) is 0 Å². The molecule has 13 aromatic rings. The van der Waals surface area contributed by atoms with E-state index in [1.807, 2.05) is 11.3 Å². The third-order valence-corrected chi connectivity index (χ3v) is 20.4. The molecule has 0 spiro atoms. The minimum Gasteiger partial charge on any atom is -0.456 e. The summed E-state index contributed by atoms with van der Waals surface area (Å²) in [6.07, 6.45) is 0. The molecule has 0 saturated carbocycles. The number of fused-ring (bicyclic) bond motifs is 12. The fraction of sp³-hybridized carbons (Fsp3) is 0. The molecule has 68 heavy (non-hydrogen) atoms. The van der Waals surface area contributed by atoms with Crippen LogP contribution in [0.15, 0.2) is 253 Å². The SMILES string of the molecule is c1ccc(-c2ccc(N(c3cccc(-c4cccc5c4[Si](c4ccccc4)(c4ccccc4)c4ccc6sc7ccccc7c6c4-5)c3)c3ccc4oc5ccc6ccccc6c5c4c3)cc2)cc1. The van der Waals surface area contributed by atoms with E-state index in [1.165, 1.54) is 85.1 Å². The largest absolute Gasteiger partial charge is 0.456 e. The van der Waals surface area contributed by atoms with Crippen LogP contribution in [0.3, 0.4) is 0 Å². The average Bonchev–Trinajstić information content (AvgIpc) is 4.08. The van der Waals surface area contributed by atoms with Gasteiger partial charge in [-0.15, -0.1) is 11.3 Å². The summed E-state index contributed by atoms with van der Waals surface area (Å²) in [5.41, 5.74) is 12.6. The maximum Gasteiger partial charge on any atom is 0.181 e. The van der Waals surface area contributed by atoms with Crippen LogP contribution in [0.25, 0.3) is 86.3 Å². The van der Waals surface area contributed by atoms with Gasteiger partial charge in [0.25, 0.3) is 0 Å². The highest BCUT2D eigenvalue weighted by Gasteiger charge is 2.50.